The van der Waals surface area contributed by atoms with E-state index in [4.69, 9.17) is 0 Å². The minimum atomic E-state index is -0.372. The molecule has 2 N–H and O–H groups in total. The number of aliphatic imine (C=N–C) groups is 1. The Hall–Kier alpha value is -2.15. The Morgan fingerprint density at radius 2 is 2.25 bits per heavy atom. The van der Waals surface area contributed by atoms with Gasteiger partial charge in [0.15, 0.2) is 5.96 Å². The van der Waals surface area contributed by atoms with E-state index in [1.165, 1.54) is 18.9 Å². The molecule has 0 spiro atoms. The van der Waals surface area contributed by atoms with Crippen molar-refractivity contribution in [3.8, 4) is 0 Å². The van der Waals surface area contributed by atoms with Gasteiger partial charge in [0.1, 0.15) is 0 Å². The maximum Gasteiger partial charge on any atom is 0.269 e. The number of nitro benzene ring substituents is 1. The lowest BCUT2D eigenvalue weighted by Crippen LogP contribution is -2.44. The molecule has 1 aliphatic carbocycles. The maximum absolute atomic E-state index is 10.8. The van der Waals surface area contributed by atoms with Crippen molar-refractivity contribution in [1.82, 2.24) is 15.5 Å². The van der Waals surface area contributed by atoms with Crippen LogP contribution >= 0.6 is 0 Å². The molecular weight excluding hydrogens is 306 g/mol. The summed E-state index contributed by atoms with van der Waals surface area (Å²) in [5.41, 5.74) is 0.980. The molecule has 1 aliphatic heterocycles. The van der Waals surface area contributed by atoms with Crippen LogP contribution in [0.4, 0.5) is 5.69 Å². The second kappa shape index (κ2) is 7.17. The minimum absolute atomic E-state index is 0.113. The van der Waals surface area contributed by atoms with E-state index in [1.54, 1.807) is 19.2 Å². The van der Waals surface area contributed by atoms with Crippen LogP contribution in [-0.4, -0.2) is 47.5 Å². The summed E-state index contributed by atoms with van der Waals surface area (Å²) in [5, 5.41) is 17.6. The summed E-state index contributed by atoms with van der Waals surface area (Å²) in [4.78, 5) is 17.3. The second-order valence-corrected chi connectivity index (χ2v) is 6.71. The summed E-state index contributed by atoms with van der Waals surface area (Å²) in [6, 6.07) is 8.47. The topological polar surface area (TPSA) is 82.8 Å². The van der Waals surface area contributed by atoms with Crippen LogP contribution in [0.25, 0.3) is 0 Å². The van der Waals surface area contributed by atoms with E-state index >= 15 is 0 Å². The summed E-state index contributed by atoms with van der Waals surface area (Å²) in [5.74, 6) is 0.747. The molecule has 7 heteroatoms. The average Bonchev–Trinajstić information content (AvgIpc) is 3.35. The van der Waals surface area contributed by atoms with Crippen LogP contribution in [0.1, 0.15) is 31.7 Å². The smallest absolute Gasteiger partial charge is 0.269 e. The first kappa shape index (κ1) is 16.7. The molecule has 24 heavy (non-hydrogen) atoms. The molecule has 2 unspecified atom stereocenters. The molecule has 1 saturated carbocycles. The van der Waals surface area contributed by atoms with Gasteiger partial charge >= 0.3 is 0 Å². The van der Waals surface area contributed by atoms with E-state index in [1.807, 2.05) is 6.07 Å². The molecule has 1 heterocycles. The fourth-order valence-corrected chi connectivity index (χ4v) is 3.43. The molecule has 0 radical (unpaired) electrons. The molecule has 0 bridgehead atoms. The zero-order valence-corrected chi connectivity index (χ0v) is 14.2. The molecular formula is C17H25N5O2. The number of rotatable bonds is 5. The van der Waals surface area contributed by atoms with E-state index in [-0.39, 0.29) is 10.6 Å². The van der Waals surface area contributed by atoms with Crippen LogP contribution in [0.2, 0.25) is 0 Å². The summed E-state index contributed by atoms with van der Waals surface area (Å²) in [6.45, 7) is 3.86. The number of hydrogen-bond acceptors (Lipinski definition) is 4. The third-order valence-electron chi connectivity index (χ3n) is 4.78. The van der Waals surface area contributed by atoms with Gasteiger partial charge in [-0.25, -0.2) is 0 Å². The fourth-order valence-electron chi connectivity index (χ4n) is 3.43. The Bertz CT molecular complexity index is 629. The van der Waals surface area contributed by atoms with Gasteiger partial charge in [-0.2, -0.15) is 0 Å². The van der Waals surface area contributed by atoms with Crippen LogP contribution in [0.5, 0.6) is 0 Å². The van der Waals surface area contributed by atoms with Crippen molar-refractivity contribution >= 4 is 11.6 Å². The lowest BCUT2D eigenvalue weighted by molar-refractivity contribution is -0.384. The normalized spacial score (nSPS) is 24.8. The van der Waals surface area contributed by atoms with Gasteiger partial charge in [0, 0.05) is 50.4 Å². The fraction of sp³-hybridized carbons (Fsp3) is 0.588. The predicted molar refractivity (Wildman–Crippen MR) is 94.0 cm³/mol. The molecule has 130 valence electrons. The van der Waals surface area contributed by atoms with E-state index < -0.39 is 0 Å². The van der Waals surface area contributed by atoms with E-state index in [9.17, 15) is 10.1 Å². The van der Waals surface area contributed by atoms with Gasteiger partial charge in [-0.05, 0) is 31.7 Å². The van der Waals surface area contributed by atoms with Gasteiger partial charge in [-0.3, -0.25) is 20.0 Å². The van der Waals surface area contributed by atoms with E-state index in [0.717, 1.165) is 30.5 Å². The standard InChI is InChI=1S/C17H25N5O2/c1-12-8-14(11-21(12)15-6-7-15)20-17(18-2)19-10-13-4-3-5-16(9-13)22(23)24/h3-5,9,12,14-15H,6-8,10-11H2,1-2H3,(H2,18,19,20). The molecule has 0 amide bonds. The third kappa shape index (κ3) is 4.03. The number of likely N-dealkylation sites (tertiary alicyclic amines) is 1. The van der Waals surface area contributed by atoms with Gasteiger partial charge in [0.05, 0.1) is 4.92 Å². The minimum Gasteiger partial charge on any atom is -0.352 e. The van der Waals surface area contributed by atoms with E-state index in [2.05, 4.69) is 27.4 Å². The van der Waals surface area contributed by atoms with Crippen molar-refractivity contribution in [2.75, 3.05) is 13.6 Å². The van der Waals surface area contributed by atoms with Gasteiger partial charge in [0.2, 0.25) is 0 Å². The summed E-state index contributed by atoms with van der Waals surface area (Å²) < 4.78 is 0. The molecule has 2 aliphatic rings. The SMILES string of the molecule is CN=C(NCc1cccc([N+](=O)[O-])c1)NC1CC(C)N(C2CC2)C1. The molecule has 1 saturated heterocycles. The number of hydrogen-bond donors (Lipinski definition) is 2. The Labute approximate surface area is 142 Å². The molecule has 0 aromatic heterocycles. The lowest BCUT2D eigenvalue weighted by atomic mass is 10.2. The molecule has 2 atom stereocenters. The quantitative estimate of drug-likeness (QED) is 0.373. The summed E-state index contributed by atoms with van der Waals surface area (Å²) >= 11 is 0. The van der Waals surface area contributed by atoms with Crippen LogP contribution in [0.15, 0.2) is 29.3 Å². The average molecular weight is 331 g/mol. The van der Waals surface area contributed by atoms with Gasteiger partial charge in [-0.1, -0.05) is 12.1 Å². The first-order chi connectivity index (χ1) is 11.6. The number of benzene rings is 1. The Balaban J connectivity index is 1.52. The van der Waals surface area contributed by atoms with Crippen molar-refractivity contribution in [3.05, 3.63) is 39.9 Å². The second-order valence-electron chi connectivity index (χ2n) is 6.71. The number of nitrogens with one attached hydrogen (secondary N) is 2. The molecule has 3 rings (SSSR count). The number of nitrogens with zero attached hydrogens (tertiary/aromatic N) is 3. The zero-order valence-electron chi connectivity index (χ0n) is 14.2. The summed E-state index contributed by atoms with van der Waals surface area (Å²) in [6.07, 6.45) is 3.78. The Morgan fingerprint density at radius 1 is 1.46 bits per heavy atom. The zero-order chi connectivity index (χ0) is 17.1. The molecule has 7 nitrogen and oxygen atoms in total. The highest BCUT2D eigenvalue weighted by atomic mass is 16.6. The number of non-ortho nitro benzene ring substituents is 1. The van der Waals surface area contributed by atoms with Crippen molar-refractivity contribution in [2.45, 2.75) is 50.9 Å². The Kier molecular flexibility index (Phi) is 4.99. The van der Waals surface area contributed by atoms with Crippen molar-refractivity contribution in [2.24, 2.45) is 4.99 Å². The van der Waals surface area contributed by atoms with Crippen LogP contribution < -0.4 is 10.6 Å². The number of guanidine groups is 1. The predicted octanol–water partition coefficient (Wildman–Crippen LogP) is 1.88. The van der Waals surface area contributed by atoms with E-state index in [0.29, 0.717) is 18.6 Å². The van der Waals surface area contributed by atoms with Crippen LogP contribution in [-0.2, 0) is 6.54 Å². The molecule has 1 aromatic carbocycles. The third-order valence-corrected chi connectivity index (χ3v) is 4.78. The first-order valence-electron chi connectivity index (χ1n) is 8.53. The van der Waals surface area contributed by atoms with Gasteiger partial charge in [0.25, 0.3) is 5.69 Å². The van der Waals surface area contributed by atoms with Crippen molar-refractivity contribution in [1.29, 1.82) is 0 Å². The summed E-state index contributed by atoms with van der Waals surface area (Å²) in [7, 11) is 1.75. The van der Waals surface area contributed by atoms with Gasteiger partial charge < -0.3 is 10.6 Å². The highest BCUT2D eigenvalue weighted by Gasteiger charge is 2.38. The monoisotopic (exact) mass is 331 g/mol. The van der Waals surface area contributed by atoms with Crippen LogP contribution in [0.3, 0.4) is 0 Å². The molecule has 2 fully saturated rings. The lowest BCUT2D eigenvalue weighted by Gasteiger charge is -2.20. The Morgan fingerprint density at radius 3 is 2.92 bits per heavy atom. The van der Waals surface area contributed by atoms with Gasteiger partial charge in [-0.15, -0.1) is 0 Å². The van der Waals surface area contributed by atoms with Crippen molar-refractivity contribution < 1.29 is 4.92 Å². The number of nitro groups is 1. The highest BCUT2D eigenvalue weighted by molar-refractivity contribution is 5.80. The van der Waals surface area contributed by atoms with Crippen molar-refractivity contribution in [3.63, 3.8) is 0 Å². The largest absolute Gasteiger partial charge is 0.352 e. The molecule has 1 aromatic rings. The highest BCUT2D eigenvalue weighted by Crippen LogP contribution is 2.33. The maximum atomic E-state index is 10.8. The first-order valence-corrected chi connectivity index (χ1v) is 8.53. The van der Waals surface area contributed by atoms with Crippen LogP contribution in [0, 0.1) is 10.1 Å².